The molecule has 0 spiro atoms. The first-order valence-corrected chi connectivity index (χ1v) is 42.9. The number of nitrogens with zero attached hydrogens (tertiary/aromatic N) is 11. The zero-order valence-corrected chi connectivity index (χ0v) is 75.5. The van der Waals surface area contributed by atoms with Crippen molar-refractivity contribution in [2.45, 2.75) is 291 Å². The van der Waals surface area contributed by atoms with E-state index in [-0.39, 0.29) is 67.5 Å². The molecule has 670 valence electrons. The van der Waals surface area contributed by atoms with Crippen molar-refractivity contribution < 1.29 is 90.8 Å². The van der Waals surface area contributed by atoms with Gasteiger partial charge in [0.05, 0.1) is 65.7 Å². The zero-order valence-electron chi connectivity index (χ0n) is 75.5. The predicted molar refractivity (Wildman–Crippen MR) is 452 cm³/mol. The van der Waals surface area contributed by atoms with Gasteiger partial charge in [-0.25, -0.2) is 29.1 Å². The molecule has 0 aromatic carbocycles. The number of carbonyl (C=O) groups is 8. The van der Waals surface area contributed by atoms with Gasteiger partial charge in [0.25, 0.3) is 0 Å². The molecule has 5 aliphatic heterocycles. The van der Waals surface area contributed by atoms with Crippen LogP contribution in [-0.4, -0.2) is 257 Å². The standard InChI is InChI=1S/C43H65N5O10.C35H55N3O9.C12H16N4/c1-12-33-43(8)37(48(41(53)58-43)19-14-13-18-47-23-31(45-24-47)30-16-15-17-44-22-30)27(4)34(49)25(2)21-42(7,54-11)38(28(5)35(50)29(6)39(52)56-33)57-40-36(51)32(46(9)10)20-26(3)55-40;1-13-27-34(8,47-33(42)38-15-14-36-19-38)17-20(2)28(39)21(3)18-35(9,43-12)30(24(6)29(40)25(7)31(41)45-27)46-32-23(5)26(37(10)11)16-22(4)44-32;13-5-1-2-7-16-9-12(15-10-16)11-4-3-6-14-8-11/h15-17,22-29,32-33,36-38,40,51H,12-14,18-21H2,1-11H3;14-15,17,19,21-27,30,32H,13,16,18H2,1-12H3;3-4,6,8-10H,1-2,5,7,13H2/b;20-17+;/t25-,26?,27+,28+,29-,32?,33-,36?,37-,38-,40+,42-,43-;21-,22?,23?,24+,25-,26?,27-,30-,32+,34+,35-;/m11./s1. The van der Waals surface area contributed by atoms with Gasteiger partial charge in [0.2, 0.25) is 0 Å². The molecule has 3 N–H and O–H groups in total. The van der Waals surface area contributed by atoms with Gasteiger partial charge in [-0.05, 0) is 197 Å². The second-order valence-electron chi connectivity index (χ2n) is 35.1. The number of aryl methyl sites for hydroxylation is 2. The van der Waals surface area contributed by atoms with Crippen LogP contribution in [0.2, 0.25) is 0 Å². The first-order valence-electron chi connectivity index (χ1n) is 42.9. The van der Waals surface area contributed by atoms with Crippen molar-refractivity contribution >= 4 is 47.3 Å². The van der Waals surface area contributed by atoms with Gasteiger partial charge < -0.3 is 82.0 Å². The van der Waals surface area contributed by atoms with Gasteiger partial charge in [0.1, 0.15) is 42.3 Å². The number of nitrogens with two attached hydrogens (primary N) is 1. The summed E-state index contributed by atoms with van der Waals surface area (Å²) >= 11 is 0. The van der Waals surface area contributed by atoms with E-state index in [9.17, 15) is 43.5 Å². The number of unbranched alkanes of at least 4 members (excludes halogenated alkanes) is 2. The number of allylic oxidation sites excluding steroid dienone is 1. The number of aromatic nitrogens is 8. The maximum atomic E-state index is 14.7. The normalized spacial score (nSPS) is 34.2. The summed E-state index contributed by atoms with van der Waals surface area (Å²) in [5, 5.41) is 11.4. The van der Waals surface area contributed by atoms with Crippen molar-refractivity contribution in [1.29, 1.82) is 0 Å². The van der Waals surface area contributed by atoms with Crippen LogP contribution in [0.3, 0.4) is 0 Å². The van der Waals surface area contributed by atoms with Crippen LogP contribution in [0.15, 0.2) is 104 Å². The molecule has 0 saturated carbocycles. The molecule has 5 aromatic rings. The number of likely N-dealkylation sites (N-methyl/N-ethyl adjacent to an activating group) is 1. The van der Waals surface area contributed by atoms with Crippen LogP contribution >= 0.6 is 0 Å². The molecule has 0 aliphatic carbocycles. The molecule has 4 saturated heterocycles. The van der Waals surface area contributed by atoms with Crippen molar-refractivity contribution in [1.82, 2.24) is 53.3 Å². The lowest BCUT2D eigenvalue weighted by molar-refractivity contribution is -0.295. The van der Waals surface area contributed by atoms with E-state index in [1.165, 1.54) is 52.9 Å². The summed E-state index contributed by atoms with van der Waals surface area (Å²) in [7, 11) is 10.8. The molecule has 121 heavy (non-hydrogen) atoms. The largest absolute Gasteiger partial charge is 0.458 e. The minimum Gasteiger partial charge on any atom is -0.458 e. The molecule has 0 bridgehead atoms. The number of ketones is 4. The number of imidazole rings is 3. The molecule has 31 nitrogen and oxygen atoms in total. The van der Waals surface area contributed by atoms with E-state index in [4.69, 9.17) is 53.1 Å². The Morgan fingerprint density at radius 2 is 1.10 bits per heavy atom. The third-order valence-corrected chi connectivity index (χ3v) is 25.3. The lowest BCUT2D eigenvalue weighted by Crippen LogP contribution is -2.60. The molecule has 5 aromatic heterocycles. The first-order chi connectivity index (χ1) is 57.1. The summed E-state index contributed by atoms with van der Waals surface area (Å²) in [6.07, 6.45) is 17.6. The number of aliphatic hydroxyl groups excluding tert-OH is 1. The highest BCUT2D eigenvalue weighted by Crippen LogP contribution is 2.45. The van der Waals surface area contributed by atoms with Crippen LogP contribution in [0.5, 0.6) is 0 Å². The first kappa shape index (κ1) is 98.1. The highest BCUT2D eigenvalue weighted by molar-refractivity contribution is 6.01. The molecule has 5 aliphatic rings. The summed E-state index contributed by atoms with van der Waals surface area (Å²) in [4.78, 5) is 138. The molecule has 31 heteroatoms. The Morgan fingerprint density at radius 1 is 0.612 bits per heavy atom. The highest BCUT2D eigenvalue weighted by Gasteiger charge is 2.61. The van der Waals surface area contributed by atoms with Crippen LogP contribution < -0.4 is 5.73 Å². The maximum absolute atomic E-state index is 14.7. The number of hydrogen-bond acceptors (Lipinski definition) is 27. The Bertz CT molecular complexity index is 4240. The summed E-state index contributed by atoms with van der Waals surface area (Å²) < 4.78 is 67.5. The average Bonchev–Trinajstić information content (AvgIpc) is 1.61. The van der Waals surface area contributed by atoms with Crippen molar-refractivity contribution in [3.05, 3.63) is 104 Å². The fraction of sp³-hybridized carbons (Fsp3) is 0.678. The van der Waals surface area contributed by atoms with Gasteiger partial charge in [-0.2, -0.15) is 0 Å². The average molecular weight is 1690 g/mol. The number of methoxy groups -OCH3 is 2. The number of aliphatic hydroxyl groups is 1. The highest BCUT2D eigenvalue weighted by atomic mass is 16.7. The number of Topliss-reactive ketones (excluding diaryl/α,β-unsaturated/α-hetero) is 4. The summed E-state index contributed by atoms with van der Waals surface area (Å²) in [6, 6.07) is 6.85. The van der Waals surface area contributed by atoms with Crippen LogP contribution in [-0.2, 0) is 89.2 Å². The SMILES string of the molecule is CC[C@H]1OC(=O)[C@H](C)C(=O)[C@H](C)[C@@H](O[C@@H]2OC(C)CC(N(C)C)C2C)[C@](C)(OC)C[C@@H](C)C(=O)/C(C)=C/[C@]1(C)OC(=O)n1ccnc1.CC[C@H]1OC(=O)[C@H](C)C(=O)[C@H](C)[C@@H](O[C@@H]2OC(C)CC(N(C)C)C2O)[C@](C)(OC)C[C@@H](C)C(=O)[C@H](C)[C@H]2N(CCCCn3cnc(-c4cccnc4)c3)C(=O)O[C@]12C.NCCCCn1cnc(-c2cccnc2)c1. The van der Waals surface area contributed by atoms with E-state index >= 15 is 0 Å². The predicted octanol–water partition coefficient (Wildman–Crippen LogP) is 11.4. The quantitative estimate of drug-likeness (QED) is 0.0281. The van der Waals surface area contributed by atoms with Crippen LogP contribution in [0.4, 0.5) is 9.59 Å². The van der Waals surface area contributed by atoms with E-state index in [0.29, 0.717) is 37.9 Å². The van der Waals surface area contributed by atoms with Gasteiger partial charge >= 0.3 is 24.1 Å². The monoisotopic (exact) mass is 1690 g/mol. The zero-order chi connectivity index (χ0) is 89.3. The second-order valence-corrected chi connectivity index (χ2v) is 35.1. The fourth-order valence-electron chi connectivity index (χ4n) is 18.1. The van der Waals surface area contributed by atoms with Crippen LogP contribution in [0.25, 0.3) is 22.5 Å². The van der Waals surface area contributed by atoms with E-state index < -0.39 is 149 Å². The molecule has 1 amide bonds. The molecule has 10 heterocycles. The van der Waals surface area contributed by atoms with E-state index in [1.807, 2.05) is 121 Å². The lowest BCUT2D eigenvalue weighted by atomic mass is 9.73. The van der Waals surface area contributed by atoms with Gasteiger partial charge in [-0.3, -0.25) is 38.7 Å². The van der Waals surface area contributed by atoms with Gasteiger partial charge in [-0.15, -0.1) is 0 Å². The minimum absolute atomic E-state index is 0.0441. The van der Waals surface area contributed by atoms with Crippen LogP contribution in [0.1, 0.15) is 182 Å². The Hall–Kier alpha value is -8.37. The van der Waals surface area contributed by atoms with Crippen molar-refractivity contribution in [3.8, 4) is 22.5 Å². The number of rotatable bonds is 22. The number of hydrogen-bond donors (Lipinski definition) is 2. The molecule has 0 radical (unpaired) electrons. The maximum Gasteiger partial charge on any atom is 0.420 e. The molecule has 24 atom stereocenters. The van der Waals surface area contributed by atoms with Crippen molar-refractivity contribution in [3.63, 3.8) is 0 Å². The Balaban J connectivity index is 0.000000257. The summed E-state index contributed by atoms with van der Waals surface area (Å²) in [6.45, 7) is 32.6. The van der Waals surface area contributed by atoms with Gasteiger partial charge in [0.15, 0.2) is 41.1 Å². The number of fused-ring (bicyclic) bond motifs is 1. The smallest absolute Gasteiger partial charge is 0.420 e. The molecule has 10 rings (SSSR count). The number of cyclic esters (lactones) is 2. The number of pyridine rings is 2. The van der Waals surface area contributed by atoms with Gasteiger partial charge in [-0.1, -0.05) is 55.4 Å². The summed E-state index contributed by atoms with van der Waals surface area (Å²) in [5.74, 6) is -9.00. The Morgan fingerprint density at radius 3 is 1.58 bits per heavy atom. The minimum atomic E-state index is -1.55. The Labute approximate surface area is 714 Å². The number of amides is 1. The molecule has 6 unspecified atom stereocenters. The van der Waals surface area contributed by atoms with E-state index in [2.05, 4.69) is 41.3 Å². The third-order valence-electron chi connectivity index (χ3n) is 25.3. The Kier molecular flexibility index (Phi) is 35.1. The number of carbonyl (C=O) groups excluding carboxylic acids is 8. The topological polar surface area (TPSA) is 364 Å². The fourth-order valence-corrected chi connectivity index (χ4v) is 18.1. The number of esters is 2. The van der Waals surface area contributed by atoms with Gasteiger partial charge in [0, 0.05) is 142 Å². The number of ether oxygens (including phenoxy) is 10. The van der Waals surface area contributed by atoms with E-state index in [1.54, 1.807) is 92.1 Å². The lowest BCUT2D eigenvalue weighted by Gasteiger charge is -2.47. The molecule has 4 fully saturated rings. The third kappa shape index (κ3) is 23.8. The second kappa shape index (κ2) is 43.3. The van der Waals surface area contributed by atoms with Crippen molar-refractivity contribution in [2.24, 2.45) is 53.1 Å². The summed E-state index contributed by atoms with van der Waals surface area (Å²) in [5.41, 5.74) is 4.18. The molecular weight excluding hydrogens is 1550 g/mol. The van der Waals surface area contributed by atoms with E-state index in [0.717, 1.165) is 59.4 Å². The van der Waals surface area contributed by atoms with Crippen molar-refractivity contribution in [2.75, 3.05) is 55.5 Å². The molecular formula is C90H136N12O19. The van der Waals surface area contributed by atoms with Crippen LogP contribution in [0, 0.1) is 47.3 Å².